The average Bonchev–Trinajstić information content (AvgIpc) is 3.32. The zero-order valence-corrected chi connectivity index (χ0v) is 13.6. The van der Waals surface area contributed by atoms with E-state index < -0.39 is 0 Å². The monoisotopic (exact) mass is 330 g/mol. The topological polar surface area (TPSA) is 67.4 Å². The molecule has 0 aliphatic heterocycles. The largest absolute Gasteiger partial charge is 0.317 e. The summed E-state index contributed by atoms with van der Waals surface area (Å²) in [6.07, 6.45) is 1.91. The van der Waals surface area contributed by atoms with Crippen LogP contribution in [0.25, 0.3) is 0 Å². The number of benzene rings is 1. The SMILES string of the molecule is Cc1cc(NC(=O)C2CC2)sc1C(=O)NOCc1ccccc1. The standard InChI is InChI=1S/C17H18N2O3S/c1-11-9-14(18-16(20)13-7-8-13)23-15(11)17(21)19-22-10-12-5-3-2-4-6-12/h2-6,9,13H,7-8,10H2,1H3,(H,18,20)(H,19,21). The van der Waals surface area contributed by atoms with E-state index in [1.807, 2.05) is 43.3 Å². The molecular formula is C17H18N2O3S. The van der Waals surface area contributed by atoms with Crippen LogP contribution in [0.15, 0.2) is 36.4 Å². The third kappa shape index (κ3) is 4.18. The van der Waals surface area contributed by atoms with E-state index >= 15 is 0 Å². The van der Waals surface area contributed by atoms with Crippen LogP contribution in [0.4, 0.5) is 5.00 Å². The number of carbonyl (C=O) groups excluding carboxylic acids is 2. The lowest BCUT2D eigenvalue weighted by Gasteiger charge is -2.05. The van der Waals surface area contributed by atoms with Crippen molar-refractivity contribution in [2.24, 2.45) is 5.92 Å². The van der Waals surface area contributed by atoms with Gasteiger partial charge in [-0.3, -0.25) is 14.4 Å². The van der Waals surface area contributed by atoms with Gasteiger partial charge in [-0.25, -0.2) is 5.48 Å². The summed E-state index contributed by atoms with van der Waals surface area (Å²) in [6, 6.07) is 11.4. The molecule has 1 aromatic heterocycles. The molecule has 2 aromatic rings. The molecular weight excluding hydrogens is 312 g/mol. The van der Waals surface area contributed by atoms with Gasteiger partial charge in [-0.05, 0) is 37.0 Å². The Kier molecular flexibility index (Phi) is 4.73. The number of anilines is 1. The van der Waals surface area contributed by atoms with Gasteiger partial charge in [0.2, 0.25) is 5.91 Å². The van der Waals surface area contributed by atoms with Gasteiger partial charge in [0.25, 0.3) is 5.91 Å². The molecule has 1 heterocycles. The molecule has 3 rings (SSSR count). The zero-order valence-electron chi connectivity index (χ0n) is 12.8. The lowest BCUT2D eigenvalue weighted by atomic mass is 10.2. The highest BCUT2D eigenvalue weighted by molar-refractivity contribution is 7.18. The van der Waals surface area contributed by atoms with Gasteiger partial charge in [-0.2, -0.15) is 0 Å². The van der Waals surface area contributed by atoms with E-state index in [0.29, 0.717) is 16.5 Å². The number of hydroxylamine groups is 1. The van der Waals surface area contributed by atoms with Crippen LogP contribution >= 0.6 is 11.3 Å². The molecule has 1 saturated carbocycles. The van der Waals surface area contributed by atoms with Crippen LogP contribution < -0.4 is 10.8 Å². The normalized spacial score (nSPS) is 13.6. The Bertz CT molecular complexity index is 708. The van der Waals surface area contributed by atoms with Crippen molar-refractivity contribution in [2.45, 2.75) is 26.4 Å². The predicted octanol–water partition coefficient (Wildman–Crippen LogP) is 3.27. The number of hydrogen-bond acceptors (Lipinski definition) is 4. The second-order valence-electron chi connectivity index (χ2n) is 5.59. The molecule has 0 radical (unpaired) electrons. The van der Waals surface area contributed by atoms with Gasteiger partial charge in [0.15, 0.2) is 0 Å². The Morgan fingerprint density at radius 1 is 1.26 bits per heavy atom. The average molecular weight is 330 g/mol. The Labute approximate surface area is 138 Å². The quantitative estimate of drug-likeness (QED) is 0.799. The summed E-state index contributed by atoms with van der Waals surface area (Å²) in [4.78, 5) is 29.7. The Morgan fingerprint density at radius 2 is 2.00 bits per heavy atom. The molecule has 1 aliphatic carbocycles. The van der Waals surface area contributed by atoms with Gasteiger partial charge in [0, 0.05) is 5.92 Å². The fourth-order valence-electron chi connectivity index (χ4n) is 2.14. The first kappa shape index (κ1) is 15.7. The minimum atomic E-state index is -0.296. The summed E-state index contributed by atoms with van der Waals surface area (Å²) in [5, 5.41) is 3.56. The number of aryl methyl sites for hydroxylation is 1. The molecule has 23 heavy (non-hydrogen) atoms. The number of thiophene rings is 1. The first-order valence-electron chi connectivity index (χ1n) is 7.51. The molecule has 1 aromatic carbocycles. The molecule has 0 unspecified atom stereocenters. The maximum absolute atomic E-state index is 12.2. The fraction of sp³-hybridized carbons (Fsp3) is 0.294. The van der Waals surface area contributed by atoms with Crippen LogP contribution in [0.3, 0.4) is 0 Å². The van der Waals surface area contributed by atoms with E-state index in [-0.39, 0.29) is 17.7 Å². The Morgan fingerprint density at radius 3 is 2.70 bits per heavy atom. The molecule has 0 saturated heterocycles. The summed E-state index contributed by atoms with van der Waals surface area (Å²) in [5.74, 6) is -0.113. The van der Waals surface area contributed by atoms with Gasteiger partial charge >= 0.3 is 0 Å². The first-order chi connectivity index (χ1) is 11.1. The van der Waals surface area contributed by atoms with Crippen LogP contribution in [0.2, 0.25) is 0 Å². The van der Waals surface area contributed by atoms with E-state index in [2.05, 4.69) is 10.8 Å². The van der Waals surface area contributed by atoms with Crippen molar-refractivity contribution in [3.05, 3.63) is 52.4 Å². The van der Waals surface area contributed by atoms with Gasteiger partial charge < -0.3 is 5.32 Å². The van der Waals surface area contributed by atoms with Gasteiger partial charge in [-0.1, -0.05) is 30.3 Å². The maximum Gasteiger partial charge on any atom is 0.285 e. The van der Waals surface area contributed by atoms with Gasteiger partial charge in [-0.15, -0.1) is 11.3 Å². The molecule has 5 nitrogen and oxygen atoms in total. The molecule has 0 bridgehead atoms. The van der Waals surface area contributed by atoms with Crippen molar-refractivity contribution < 1.29 is 14.4 Å². The van der Waals surface area contributed by atoms with Crippen molar-refractivity contribution in [1.29, 1.82) is 0 Å². The zero-order chi connectivity index (χ0) is 16.2. The third-order valence-electron chi connectivity index (χ3n) is 3.57. The summed E-state index contributed by atoms with van der Waals surface area (Å²) < 4.78 is 0. The fourth-order valence-corrected chi connectivity index (χ4v) is 3.11. The van der Waals surface area contributed by atoms with Crippen molar-refractivity contribution in [3.63, 3.8) is 0 Å². The number of amides is 2. The van der Waals surface area contributed by atoms with E-state index in [4.69, 9.17) is 4.84 Å². The molecule has 2 amide bonds. The summed E-state index contributed by atoms with van der Waals surface area (Å²) in [7, 11) is 0. The minimum Gasteiger partial charge on any atom is -0.317 e. The van der Waals surface area contributed by atoms with Crippen LogP contribution in [-0.2, 0) is 16.2 Å². The highest BCUT2D eigenvalue weighted by Crippen LogP contribution is 2.32. The third-order valence-corrected chi connectivity index (χ3v) is 4.72. The Balaban J connectivity index is 1.54. The highest BCUT2D eigenvalue weighted by atomic mass is 32.1. The summed E-state index contributed by atoms with van der Waals surface area (Å²) in [5.41, 5.74) is 4.25. The van der Waals surface area contributed by atoms with Crippen LogP contribution in [0.1, 0.15) is 33.6 Å². The number of hydrogen-bond donors (Lipinski definition) is 2. The van der Waals surface area contributed by atoms with E-state index in [9.17, 15) is 9.59 Å². The smallest absolute Gasteiger partial charge is 0.285 e. The molecule has 0 spiro atoms. The van der Waals surface area contributed by atoms with Crippen molar-refractivity contribution in [2.75, 3.05) is 5.32 Å². The van der Waals surface area contributed by atoms with Crippen molar-refractivity contribution in [3.8, 4) is 0 Å². The van der Waals surface area contributed by atoms with E-state index in [1.54, 1.807) is 0 Å². The molecule has 0 atom stereocenters. The molecule has 1 aliphatic rings. The van der Waals surface area contributed by atoms with Gasteiger partial charge in [0.05, 0.1) is 16.5 Å². The predicted molar refractivity (Wildman–Crippen MR) is 89.1 cm³/mol. The van der Waals surface area contributed by atoms with Gasteiger partial charge in [0.1, 0.15) is 0 Å². The lowest BCUT2D eigenvalue weighted by Crippen LogP contribution is -2.23. The van der Waals surface area contributed by atoms with Crippen LogP contribution in [0.5, 0.6) is 0 Å². The number of carbonyl (C=O) groups is 2. The molecule has 6 heteroatoms. The summed E-state index contributed by atoms with van der Waals surface area (Å²) in [6.45, 7) is 2.15. The number of rotatable bonds is 6. The molecule has 120 valence electrons. The van der Waals surface area contributed by atoms with E-state index in [0.717, 1.165) is 24.0 Å². The number of nitrogens with one attached hydrogen (secondary N) is 2. The summed E-state index contributed by atoms with van der Waals surface area (Å²) >= 11 is 1.26. The van der Waals surface area contributed by atoms with Crippen molar-refractivity contribution in [1.82, 2.24) is 5.48 Å². The highest BCUT2D eigenvalue weighted by Gasteiger charge is 2.30. The molecule has 1 fully saturated rings. The Hall–Kier alpha value is -2.18. The van der Waals surface area contributed by atoms with Crippen molar-refractivity contribution >= 4 is 28.2 Å². The second kappa shape index (κ2) is 6.93. The van der Waals surface area contributed by atoms with E-state index in [1.165, 1.54) is 11.3 Å². The lowest BCUT2D eigenvalue weighted by molar-refractivity contribution is -0.117. The minimum absolute atomic E-state index is 0.0403. The van der Waals surface area contributed by atoms with Crippen LogP contribution in [-0.4, -0.2) is 11.8 Å². The second-order valence-corrected chi connectivity index (χ2v) is 6.64. The maximum atomic E-state index is 12.2. The first-order valence-corrected chi connectivity index (χ1v) is 8.32. The van der Waals surface area contributed by atoms with Crippen LogP contribution in [0, 0.1) is 12.8 Å². The molecule has 2 N–H and O–H groups in total.